The lowest BCUT2D eigenvalue weighted by atomic mass is 9.82. The van der Waals surface area contributed by atoms with Crippen LogP contribution in [0.2, 0.25) is 0 Å². The Kier molecular flexibility index (Phi) is 2.03. The number of nitrogens with zero attached hydrogens (tertiary/aromatic N) is 1. The molecule has 84 valence electrons. The van der Waals surface area contributed by atoms with Gasteiger partial charge in [-0.15, -0.1) is 0 Å². The second-order valence-corrected chi connectivity index (χ2v) is 4.08. The van der Waals surface area contributed by atoms with Gasteiger partial charge in [0.05, 0.1) is 24.4 Å². The summed E-state index contributed by atoms with van der Waals surface area (Å²) < 4.78 is 5.29. The van der Waals surface area contributed by atoms with Gasteiger partial charge in [-0.1, -0.05) is 0 Å². The van der Waals surface area contributed by atoms with Crippen LogP contribution < -0.4 is 11.0 Å². The number of carbonyl (C=O) groups excluding carboxylic acids is 1. The van der Waals surface area contributed by atoms with Gasteiger partial charge in [-0.25, -0.2) is 4.79 Å². The number of hydrogen-bond donors (Lipinski definition) is 2. The monoisotopic (exact) mass is 221 g/mol. The molecule has 16 heavy (non-hydrogen) atoms. The van der Waals surface area contributed by atoms with E-state index in [1.807, 2.05) is 0 Å². The molecule has 1 aromatic heterocycles. The van der Waals surface area contributed by atoms with E-state index in [2.05, 4.69) is 15.3 Å². The second-order valence-electron chi connectivity index (χ2n) is 4.08. The van der Waals surface area contributed by atoms with Crippen LogP contribution in [0.1, 0.15) is 18.0 Å². The number of carbonyl (C=O) groups is 1. The van der Waals surface area contributed by atoms with Gasteiger partial charge in [0.25, 0.3) is 0 Å². The van der Waals surface area contributed by atoms with E-state index in [4.69, 9.17) is 4.74 Å². The highest BCUT2D eigenvalue weighted by molar-refractivity contribution is 5.96. The molecule has 2 unspecified atom stereocenters. The Labute approximate surface area is 91.0 Å². The quantitative estimate of drug-likeness (QED) is 0.637. The smallest absolute Gasteiger partial charge is 0.345 e. The van der Waals surface area contributed by atoms with Crippen LogP contribution in [0.25, 0.3) is 0 Å². The van der Waals surface area contributed by atoms with E-state index in [0.29, 0.717) is 18.9 Å². The highest BCUT2D eigenvalue weighted by Gasteiger charge is 2.38. The number of amides is 1. The van der Waals surface area contributed by atoms with E-state index in [1.54, 1.807) is 0 Å². The summed E-state index contributed by atoms with van der Waals surface area (Å²) in [5.41, 5.74) is 1.03. The minimum absolute atomic E-state index is 0.0493. The van der Waals surface area contributed by atoms with E-state index in [9.17, 15) is 9.59 Å². The number of H-pyrrole nitrogens is 1. The Bertz CT molecular complexity index is 496. The van der Waals surface area contributed by atoms with Crippen LogP contribution in [0.3, 0.4) is 0 Å². The van der Waals surface area contributed by atoms with Crippen LogP contribution in [-0.4, -0.2) is 29.1 Å². The molecule has 0 spiro atoms. The van der Waals surface area contributed by atoms with Crippen LogP contribution >= 0.6 is 0 Å². The van der Waals surface area contributed by atoms with Crippen molar-refractivity contribution in [3.05, 3.63) is 22.4 Å². The molecule has 0 aromatic carbocycles. The van der Waals surface area contributed by atoms with Crippen LogP contribution in [0.4, 0.5) is 5.69 Å². The summed E-state index contributed by atoms with van der Waals surface area (Å²) in [5, 5.41) is 2.73. The summed E-state index contributed by atoms with van der Waals surface area (Å²) in [6.45, 7) is 1.04. The summed E-state index contributed by atoms with van der Waals surface area (Å²) >= 11 is 0. The van der Waals surface area contributed by atoms with Gasteiger partial charge >= 0.3 is 5.69 Å². The number of rotatable bonds is 0. The molecular weight excluding hydrogens is 210 g/mol. The summed E-state index contributed by atoms with van der Waals surface area (Å²) in [6.07, 6.45) is 2.17. The molecule has 2 N–H and O–H groups in total. The van der Waals surface area contributed by atoms with Gasteiger partial charge in [-0.3, -0.25) is 4.79 Å². The van der Waals surface area contributed by atoms with Crippen LogP contribution in [0, 0.1) is 5.92 Å². The summed E-state index contributed by atoms with van der Waals surface area (Å²) in [5.74, 6) is -0.196. The molecule has 2 aliphatic rings. The minimum atomic E-state index is -0.375. The molecule has 6 nitrogen and oxygen atoms in total. The van der Waals surface area contributed by atoms with Gasteiger partial charge in [0.15, 0.2) is 0 Å². The van der Waals surface area contributed by atoms with Crippen molar-refractivity contribution < 1.29 is 9.53 Å². The van der Waals surface area contributed by atoms with Crippen LogP contribution in [-0.2, 0) is 9.53 Å². The maximum absolute atomic E-state index is 11.8. The highest BCUT2D eigenvalue weighted by Crippen LogP contribution is 2.38. The third-order valence-electron chi connectivity index (χ3n) is 3.16. The van der Waals surface area contributed by atoms with Gasteiger partial charge in [-0.2, -0.15) is 4.98 Å². The molecule has 1 amide bonds. The lowest BCUT2D eigenvalue weighted by Crippen LogP contribution is -2.41. The normalized spacial score (nSPS) is 27.9. The zero-order valence-corrected chi connectivity index (χ0v) is 8.53. The van der Waals surface area contributed by atoms with Crippen molar-refractivity contribution in [3.8, 4) is 0 Å². The molecule has 2 aliphatic heterocycles. The van der Waals surface area contributed by atoms with Crippen molar-refractivity contribution in [3.63, 3.8) is 0 Å². The number of nitrogens with one attached hydrogen (secondary N) is 2. The molecule has 0 radical (unpaired) electrons. The highest BCUT2D eigenvalue weighted by atomic mass is 16.5. The van der Waals surface area contributed by atoms with E-state index >= 15 is 0 Å². The predicted octanol–water partition coefficient (Wildman–Crippen LogP) is -0.158. The molecule has 6 heteroatoms. The van der Waals surface area contributed by atoms with Crippen molar-refractivity contribution in [1.29, 1.82) is 0 Å². The van der Waals surface area contributed by atoms with Crippen LogP contribution in [0.5, 0.6) is 0 Å². The fourth-order valence-electron chi connectivity index (χ4n) is 2.37. The van der Waals surface area contributed by atoms with Crippen molar-refractivity contribution in [1.82, 2.24) is 9.97 Å². The number of fused-ring (bicyclic) bond motifs is 3. The van der Waals surface area contributed by atoms with Crippen molar-refractivity contribution in [2.24, 2.45) is 5.92 Å². The van der Waals surface area contributed by atoms with Gasteiger partial charge < -0.3 is 15.0 Å². The lowest BCUT2D eigenvalue weighted by Gasteiger charge is -2.35. The molecule has 1 aromatic rings. The zero-order chi connectivity index (χ0) is 11.1. The summed E-state index contributed by atoms with van der Waals surface area (Å²) in [4.78, 5) is 29.3. The number of hydrogen-bond acceptors (Lipinski definition) is 4. The third kappa shape index (κ3) is 1.34. The topological polar surface area (TPSA) is 84.1 Å². The molecule has 0 bridgehead atoms. The van der Waals surface area contributed by atoms with Gasteiger partial charge in [-0.05, 0) is 6.42 Å². The maximum Gasteiger partial charge on any atom is 0.345 e. The second kappa shape index (κ2) is 3.41. The van der Waals surface area contributed by atoms with Crippen molar-refractivity contribution in [2.45, 2.75) is 12.3 Å². The van der Waals surface area contributed by atoms with Gasteiger partial charge in [0, 0.05) is 18.2 Å². The molecule has 3 rings (SSSR count). The Balaban J connectivity index is 2.11. The Morgan fingerprint density at radius 3 is 3.12 bits per heavy atom. The average molecular weight is 221 g/mol. The number of aromatic amines is 1. The van der Waals surface area contributed by atoms with E-state index < -0.39 is 0 Å². The molecule has 1 fully saturated rings. The molecular formula is C10H11N3O3. The number of aromatic nitrogens is 2. The Morgan fingerprint density at radius 1 is 1.38 bits per heavy atom. The average Bonchev–Trinajstić information content (AvgIpc) is 2.31. The molecule has 2 atom stereocenters. The molecule has 0 aliphatic carbocycles. The predicted molar refractivity (Wildman–Crippen MR) is 55.2 cm³/mol. The first-order valence-corrected chi connectivity index (χ1v) is 5.23. The Morgan fingerprint density at radius 2 is 2.25 bits per heavy atom. The van der Waals surface area contributed by atoms with E-state index in [0.717, 1.165) is 12.1 Å². The van der Waals surface area contributed by atoms with Gasteiger partial charge in [0.2, 0.25) is 5.91 Å². The summed E-state index contributed by atoms with van der Waals surface area (Å²) in [6, 6.07) is 0. The van der Waals surface area contributed by atoms with E-state index in [-0.39, 0.29) is 23.4 Å². The zero-order valence-electron chi connectivity index (χ0n) is 8.53. The first-order chi connectivity index (χ1) is 7.75. The number of ether oxygens (including phenoxy) is 1. The van der Waals surface area contributed by atoms with Crippen molar-refractivity contribution in [2.75, 3.05) is 18.5 Å². The van der Waals surface area contributed by atoms with E-state index in [1.165, 1.54) is 6.20 Å². The largest absolute Gasteiger partial charge is 0.381 e. The first kappa shape index (κ1) is 9.53. The lowest BCUT2D eigenvalue weighted by molar-refractivity contribution is -0.125. The maximum atomic E-state index is 11.8. The molecule has 3 heterocycles. The molecule has 1 saturated heterocycles. The van der Waals surface area contributed by atoms with Crippen LogP contribution in [0.15, 0.2) is 11.0 Å². The number of anilines is 1. The fraction of sp³-hybridized carbons (Fsp3) is 0.500. The SMILES string of the molecule is O=C1Nc2cnc(=O)[nH]c2C2CCOCC12. The first-order valence-electron chi connectivity index (χ1n) is 5.23. The molecule has 0 saturated carbocycles. The fourth-order valence-corrected chi connectivity index (χ4v) is 2.37. The standard InChI is InChI=1S/C10H11N3O3/c14-9-6-4-16-2-1-5(6)8-7(12-9)3-11-10(15)13-8/h3,5-6H,1-2,4H2,(H,12,14)(H,11,13,15). The van der Waals surface area contributed by atoms with Gasteiger partial charge in [0.1, 0.15) is 0 Å². The summed E-state index contributed by atoms with van der Waals surface area (Å²) in [7, 11) is 0. The minimum Gasteiger partial charge on any atom is -0.381 e. The van der Waals surface area contributed by atoms with Crippen molar-refractivity contribution >= 4 is 11.6 Å². The Hall–Kier alpha value is -1.69. The third-order valence-corrected chi connectivity index (χ3v) is 3.16.